The van der Waals surface area contributed by atoms with Crippen molar-refractivity contribution >= 4 is 11.7 Å². The van der Waals surface area contributed by atoms with E-state index in [1.54, 1.807) is 16.9 Å². The summed E-state index contributed by atoms with van der Waals surface area (Å²) in [5.74, 6) is 0.596. The summed E-state index contributed by atoms with van der Waals surface area (Å²) in [6.45, 7) is 3.30. The molecule has 1 aliphatic rings. The smallest absolute Gasteiger partial charge is 0.227 e. The molecule has 1 aromatic heterocycles. The van der Waals surface area contributed by atoms with Crippen LogP contribution in [0.3, 0.4) is 0 Å². The van der Waals surface area contributed by atoms with Crippen molar-refractivity contribution in [2.24, 2.45) is 5.41 Å². The van der Waals surface area contributed by atoms with Crippen LogP contribution >= 0.6 is 0 Å². The zero-order chi connectivity index (χ0) is 10.2. The van der Waals surface area contributed by atoms with E-state index < -0.39 is 0 Å². The van der Waals surface area contributed by atoms with E-state index in [0.717, 1.165) is 13.0 Å². The number of hydrogen-bond donors (Lipinski definition) is 2. The van der Waals surface area contributed by atoms with Crippen LogP contribution in [0.2, 0.25) is 0 Å². The first-order chi connectivity index (χ1) is 6.60. The molecule has 0 bridgehead atoms. The third-order valence-corrected chi connectivity index (χ3v) is 2.68. The van der Waals surface area contributed by atoms with Crippen molar-refractivity contribution < 1.29 is 4.79 Å². The summed E-state index contributed by atoms with van der Waals surface area (Å²) < 4.78 is 1.72. The molecule has 1 saturated heterocycles. The Labute approximate surface area is 82.3 Å². The third-order valence-electron chi connectivity index (χ3n) is 2.68. The van der Waals surface area contributed by atoms with E-state index in [1.807, 2.05) is 6.92 Å². The van der Waals surface area contributed by atoms with Gasteiger partial charge in [-0.15, -0.1) is 0 Å². The Hall–Kier alpha value is -1.52. The average Bonchev–Trinajstić information content (AvgIpc) is 2.62. The number of nitrogen functional groups attached to an aromatic ring is 1. The van der Waals surface area contributed by atoms with Gasteiger partial charge in [-0.05, 0) is 19.4 Å². The van der Waals surface area contributed by atoms with Crippen molar-refractivity contribution in [2.45, 2.75) is 19.9 Å². The molecule has 5 nitrogen and oxygen atoms in total. The largest absolute Gasteiger partial charge is 0.382 e. The lowest BCUT2D eigenvalue weighted by Gasteiger charge is -2.19. The number of amides is 1. The molecular weight excluding hydrogens is 180 g/mol. The summed E-state index contributed by atoms with van der Waals surface area (Å²) in [6, 6.07) is 1.73. The summed E-state index contributed by atoms with van der Waals surface area (Å²) in [4.78, 5) is 11.5. The zero-order valence-electron chi connectivity index (χ0n) is 8.16. The van der Waals surface area contributed by atoms with Crippen LogP contribution in [0.1, 0.15) is 13.3 Å². The van der Waals surface area contributed by atoms with Crippen molar-refractivity contribution in [1.29, 1.82) is 0 Å². The average molecular weight is 194 g/mol. The second-order valence-electron chi connectivity index (χ2n) is 4.00. The second-order valence-corrected chi connectivity index (χ2v) is 4.00. The minimum atomic E-state index is -0.335. The van der Waals surface area contributed by atoms with Crippen molar-refractivity contribution in [1.82, 2.24) is 15.1 Å². The maximum absolute atomic E-state index is 11.5. The molecule has 1 fully saturated rings. The van der Waals surface area contributed by atoms with Crippen LogP contribution in [-0.4, -0.2) is 22.2 Å². The number of carbonyl (C=O) groups is 1. The first kappa shape index (κ1) is 9.05. The molecule has 0 saturated carbocycles. The molecule has 1 aromatic rings. The molecule has 2 heterocycles. The van der Waals surface area contributed by atoms with Crippen molar-refractivity contribution in [3.05, 3.63) is 12.3 Å². The predicted molar refractivity (Wildman–Crippen MR) is 52.4 cm³/mol. The Bertz CT molecular complexity index is 359. The van der Waals surface area contributed by atoms with E-state index in [-0.39, 0.29) is 11.3 Å². The summed E-state index contributed by atoms with van der Waals surface area (Å²) in [5.41, 5.74) is 5.16. The first-order valence-electron chi connectivity index (χ1n) is 4.67. The van der Waals surface area contributed by atoms with E-state index in [4.69, 9.17) is 5.73 Å². The van der Waals surface area contributed by atoms with Crippen LogP contribution in [0.15, 0.2) is 12.3 Å². The van der Waals surface area contributed by atoms with Crippen LogP contribution < -0.4 is 11.1 Å². The van der Waals surface area contributed by atoms with E-state index in [9.17, 15) is 4.79 Å². The normalized spacial score (nSPS) is 26.5. The SMILES string of the molecule is CC1(Cn2ccc(N)n2)CCNC1=O. The maximum Gasteiger partial charge on any atom is 0.227 e. The second kappa shape index (κ2) is 3.01. The van der Waals surface area contributed by atoms with Gasteiger partial charge in [0.1, 0.15) is 5.82 Å². The molecule has 1 amide bonds. The van der Waals surface area contributed by atoms with Gasteiger partial charge >= 0.3 is 0 Å². The molecule has 0 aromatic carbocycles. The monoisotopic (exact) mass is 194 g/mol. The summed E-state index contributed by atoms with van der Waals surface area (Å²) >= 11 is 0. The van der Waals surface area contributed by atoms with Gasteiger partial charge in [0.2, 0.25) is 5.91 Å². The summed E-state index contributed by atoms with van der Waals surface area (Å²) in [5, 5.41) is 6.89. The van der Waals surface area contributed by atoms with Gasteiger partial charge in [-0.2, -0.15) is 5.10 Å². The summed E-state index contributed by atoms with van der Waals surface area (Å²) in [6.07, 6.45) is 2.65. The number of hydrogen-bond acceptors (Lipinski definition) is 3. The van der Waals surface area contributed by atoms with Crippen LogP contribution in [0.25, 0.3) is 0 Å². The molecule has 0 radical (unpaired) electrons. The van der Waals surface area contributed by atoms with Gasteiger partial charge in [0.05, 0.1) is 12.0 Å². The standard InChI is InChI=1S/C9H14N4O/c1-9(3-4-11-8(9)14)6-13-5-2-7(10)12-13/h2,5H,3-4,6H2,1H3,(H2,10,12)(H,11,14). The molecule has 14 heavy (non-hydrogen) atoms. The molecule has 5 heteroatoms. The number of nitrogens with two attached hydrogens (primary N) is 1. The molecular formula is C9H14N4O. The molecule has 0 aliphatic carbocycles. The maximum atomic E-state index is 11.5. The fourth-order valence-corrected chi connectivity index (χ4v) is 1.75. The summed E-state index contributed by atoms with van der Waals surface area (Å²) in [7, 11) is 0. The van der Waals surface area contributed by atoms with E-state index in [1.165, 1.54) is 0 Å². The number of nitrogens with one attached hydrogen (secondary N) is 1. The first-order valence-corrected chi connectivity index (χ1v) is 4.67. The van der Waals surface area contributed by atoms with E-state index >= 15 is 0 Å². The number of aromatic nitrogens is 2. The van der Waals surface area contributed by atoms with Crippen LogP contribution in [0.5, 0.6) is 0 Å². The van der Waals surface area contributed by atoms with E-state index in [0.29, 0.717) is 12.4 Å². The number of nitrogens with zero attached hydrogens (tertiary/aromatic N) is 2. The highest BCUT2D eigenvalue weighted by Gasteiger charge is 2.38. The minimum absolute atomic E-state index is 0.103. The molecule has 2 rings (SSSR count). The minimum Gasteiger partial charge on any atom is -0.382 e. The number of rotatable bonds is 2. The van der Waals surface area contributed by atoms with Crippen molar-refractivity contribution in [2.75, 3.05) is 12.3 Å². The highest BCUT2D eigenvalue weighted by Crippen LogP contribution is 2.27. The number of anilines is 1. The van der Waals surface area contributed by atoms with Gasteiger partial charge in [0.15, 0.2) is 0 Å². The molecule has 1 unspecified atom stereocenters. The van der Waals surface area contributed by atoms with Gasteiger partial charge in [0, 0.05) is 12.7 Å². The lowest BCUT2D eigenvalue weighted by molar-refractivity contribution is -0.127. The Morgan fingerprint density at radius 1 is 1.79 bits per heavy atom. The molecule has 0 spiro atoms. The highest BCUT2D eigenvalue weighted by atomic mass is 16.2. The third kappa shape index (κ3) is 1.45. The highest BCUT2D eigenvalue weighted by molar-refractivity contribution is 5.84. The predicted octanol–water partition coefficient (Wildman–Crippen LogP) is -0.00850. The quantitative estimate of drug-likeness (QED) is 0.695. The lowest BCUT2D eigenvalue weighted by atomic mass is 9.89. The van der Waals surface area contributed by atoms with Crippen LogP contribution in [0, 0.1) is 5.41 Å². The van der Waals surface area contributed by atoms with Gasteiger partial charge in [-0.3, -0.25) is 9.48 Å². The number of carbonyl (C=O) groups excluding carboxylic acids is 1. The van der Waals surface area contributed by atoms with Crippen LogP contribution in [-0.2, 0) is 11.3 Å². The fourth-order valence-electron chi connectivity index (χ4n) is 1.75. The van der Waals surface area contributed by atoms with Crippen molar-refractivity contribution in [3.63, 3.8) is 0 Å². The molecule has 3 N–H and O–H groups in total. The topological polar surface area (TPSA) is 72.9 Å². The van der Waals surface area contributed by atoms with Gasteiger partial charge < -0.3 is 11.1 Å². The molecule has 1 aliphatic heterocycles. The molecule has 76 valence electrons. The van der Waals surface area contributed by atoms with Crippen molar-refractivity contribution in [3.8, 4) is 0 Å². The Morgan fingerprint density at radius 2 is 2.57 bits per heavy atom. The van der Waals surface area contributed by atoms with Gasteiger partial charge in [-0.25, -0.2) is 0 Å². The Kier molecular flexibility index (Phi) is 1.94. The van der Waals surface area contributed by atoms with E-state index in [2.05, 4.69) is 10.4 Å². The Morgan fingerprint density at radius 3 is 3.07 bits per heavy atom. The Balaban J connectivity index is 2.13. The lowest BCUT2D eigenvalue weighted by Crippen LogP contribution is -2.32. The zero-order valence-corrected chi connectivity index (χ0v) is 8.16. The van der Waals surface area contributed by atoms with Gasteiger partial charge in [0.25, 0.3) is 0 Å². The molecule has 1 atom stereocenters. The van der Waals surface area contributed by atoms with Crippen LogP contribution in [0.4, 0.5) is 5.82 Å². The van der Waals surface area contributed by atoms with Gasteiger partial charge in [-0.1, -0.05) is 0 Å². The fraction of sp³-hybridized carbons (Fsp3) is 0.556.